The molecule has 0 radical (unpaired) electrons. The van der Waals surface area contributed by atoms with Crippen LogP contribution in [-0.2, 0) is 14.8 Å². The summed E-state index contributed by atoms with van der Waals surface area (Å²) < 4.78 is 65.7. The Morgan fingerprint density at radius 1 is 1.08 bits per heavy atom. The molecule has 0 aliphatic heterocycles. The normalized spacial score (nSPS) is 12.5. The number of hydrogen-bond donors (Lipinski definition) is 1. The molecule has 140 valence electrons. The number of benzene rings is 2. The van der Waals surface area contributed by atoms with Crippen molar-refractivity contribution in [3.8, 4) is 0 Å². The Morgan fingerprint density at radius 2 is 1.73 bits per heavy atom. The van der Waals surface area contributed by atoms with E-state index in [0.717, 1.165) is 24.5 Å². The van der Waals surface area contributed by atoms with Gasteiger partial charge in [0.05, 0.1) is 17.6 Å². The summed E-state index contributed by atoms with van der Waals surface area (Å²) in [5, 5.41) is 2.28. The van der Waals surface area contributed by atoms with Crippen LogP contribution in [0.1, 0.15) is 6.92 Å². The summed E-state index contributed by atoms with van der Waals surface area (Å²) in [5.74, 6) is -3.99. The van der Waals surface area contributed by atoms with Gasteiger partial charge in [0.2, 0.25) is 15.9 Å². The summed E-state index contributed by atoms with van der Waals surface area (Å²) in [7, 11) is -4.02. The largest absolute Gasteiger partial charge is 0.322 e. The van der Waals surface area contributed by atoms with Gasteiger partial charge in [-0.3, -0.25) is 9.10 Å². The van der Waals surface area contributed by atoms with Crippen LogP contribution in [0, 0.1) is 17.5 Å². The number of hydrogen-bond acceptors (Lipinski definition) is 3. The predicted octanol–water partition coefficient (Wildman–Crippen LogP) is 3.66. The molecule has 0 fully saturated rings. The first-order valence-corrected chi connectivity index (χ1v) is 9.85. The summed E-state index contributed by atoms with van der Waals surface area (Å²) >= 11 is 3.08. The molecule has 1 N–H and O–H groups in total. The Labute approximate surface area is 157 Å². The van der Waals surface area contributed by atoms with Gasteiger partial charge in [-0.05, 0) is 37.3 Å². The van der Waals surface area contributed by atoms with Crippen molar-refractivity contribution in [2.75, 3.05) is 15.9 Å². The van der Waals surface area contributed by atoms with Crippen LogP contribution < -0.4 is 9.62 Å². The van der Waals surface area contributed by atoms with Crippen molar-refractivity contribution in [2.24, 2.45) is 0 Å². The molecule has 0 spiro atoms. The maximum Gasteiger partial charge on any atom is 0.248 e. The van der Waals surface area contributed by atoms with E-state index in [1.54, 1.807) is 0 Å². The Kier molecular flexibility index (Phi) is 5.97. The zero-order chi connectivity index (χ0) is 19.6. The second kappa shape index (κ2) is 7.67. The van der Waals surface area contributed by atoms with E-state index in [9.17, 15) is 26.4 Å². The number of amides is 1. The molecule has 0 aromatic heterocycles. The monoisotopic (exact) mass is 450 g/mol. The number of anilines is 2. The zero-order valence-electron chi connectivity index (χ0n) is 13.6. The Morgan fingerprint density at radius 3 is 2.27 bits per heavy atom. The van der Waals surface area contributed by atoms with Gasteiger partial charge in [-0.15, -0.1) is 0 Å². The molecule has 2 rings (SSSR count). The zero-order valence-corrected chi connectivity index (χ0v) is 16.0. The molecule has 1 atom stereocenters. The minimum absolute atomic E-state index is 0.149. The van der Waals surface area contributed by atoms with Crippen molar-refractivity contribution in [3.05, 3.63) is 58.3 Å². The van der Waals surface area contributed by atoms with Crippen molar-refractivity contribution < 1.29 is 26.4 Å². The van der Waals surface area contributed by atoms with E-state index in [0.29, 0.717) is 14.8 Å². The molecule has 10 heteroatoms. The fourth-order valence-corrected chi connectivity index (χ4v) is 3.76. The van der Waals surface area contributed by atoms with Crippen molar-refractivity contribution >= 4 is 43.2 Å². The highest BCUT2D eigenvalue weighted by molar-refractivity contribution is 9.10. The molecule has 2 aromatic carbocycles. The summed E-state index contributed by atoms with van der Waals surface area (Å²) in [6, 6.07) is 5.02. The van der Waals surface area contributed by atoms with Gasteiger partial charge in [0.15, 0.2) is 11.6 Å². The molecule has 0 bridgehead atoms. The number of nitrogens with one attached hydrogen (secondary N) is 1. The first-order chi connectivity index (χ1) is 12.0. The highest BCUT2D eigenvalue weighted by atomic mass is 79.9. The lowest BCUT2D eigenvalue weighted by atomic mass is 10.2. The third-order valence-electron chi connectivity index (χ3n) is 3.44. The van der Waals surface area contributed by atoms with E-state index in [1.807, 2.05) is 0 Å². The van der Waals surface area contributed by atoms with E-state index in [2.05, 4.69) is 21.2 Å². The van der Waals surface area contributed by atoms with Crippen LogP contribution in [0.15, 0.2) is 40.9 Å². The molecule has 2 aromatic rings. The molecule has 1 unspecified atom stereocenters. The molecule has 0 saturated heterocycles. The fourth-order valence-electron chi connectivity index (χ4n) is 2.26. The number of rotatable bonds is 5. The Balaban J connectivity index is 2.35. The SMILES string of the molecule is CC(C(=O)Nc1ccc(Br)cc1F)N(c1ccc(F)c(F)c1)S(C)(=O)=O. The van der Waals surface area contributed by atoms with Gasteiger partial charge in [0.25, 0.3) is 0 Å². The van der Waals surface area contributed by atoms with Crippen LogP contribution in [0.2, 0.25) is 0 Å². The minimum atomic E-state index is -4.02. The van der Waals surface area contributed by atoms with E-state index in [1.165, 1.54) is 19.1 Å². The molecule has 0 aliphatic carbocycles. The predicted molar refractivity (Wildman–Crippen MR) is 95.9 cm³/mol. The third kappa shape index (κ3) is 4.55. The highest BCUT2D eigenvalue weighted by Gasteiger charge is 2.30. The van der Waals surface area contributed by atoms with Crippen LogP contribution in [0.25, 0.3) is 0 Å². The van der Waals surface area contributed by atoms with Crippen molar-refractivity contribution in [2.45, 2.75) is 13.0 Å². The van der Waals surface area contributed by atoms with Gasteiger partial charge in [0, 0.05) is 10.5 Å². The van der Waals surface area contributed by atoms with E-state index in [4.69, 9.17) is 0 Å². The van der Waals surface area contributed by atoms with Gasteiger partial charge in [0.1, 0.15) is 11.9 Å². The van der Waals surface area contributed by atoms with Gasteiger partial charge in [-0.1, -0.05) is 15.9 Å². The summed E-state index contributed by atoms with van der Waals surface area (Å²) in [4.78, 5) is 12.4. The number of carbonyl (C=O) groups excluding carboxylic acids is 1. The van der Waals surface area contributed by atoms with Crippen LogP contribution in [-0.4, -0.2) is 26.6 Å². The Bertz CT molecular complexity index is 954. The van der Waals surface area contributed by atoms with Gasteiger partial charge in [-0.25, -0.2) is 21.6 Å². The summed E-state index contributed by atoms with van der Waals surface area (Å²) in [6.45, 7) is 1.24. The minimum Gasteiger partial charge on any atom is -0.322 e. The van der Waals surface area contributed by atoms with E-state index >= 15 is 0 Å². The quantitative estimate of drug-likeness (QED) is 0.755. The molecule has 1 amide bonds. The third-order valence-corrected chi connectivity index (χ3v) is 5.17. The molecule has 5 nitrogen and oxygen atoms in total. The Hall–Kier alpha value is -2.07. The molecular weight excluding hydrogens is 437 g/mol. The smallest absolute Gasteiger partial charge is 0.248 e. The number of carbonyl (C=O) groups is 1. The van der Waals surface area contributed by atoms with Crippen LogP contribution in [0.5, 0.6) is 0 Å². The second-order valence-corrected chi connectivity index (χ2v) is 8.22. The van der Waals surface area contributed by atoms with Gasteiger partial charge in [-0.2, -0.15) is 0 Å². The van der Waals surface area contributed by atoms with Crippen molar-refractivity contribution in [1.29, 1.82) is 0 Å². The van der Waals surface area contributed by atoms with E-state index < -0.39 is 39.4 Å². The average molecular weight is 451 g/mol. The first-order valence-electron chi connectivity index (χ1n) is 7.21. The first kappa shape index (κ1) is 20.2. The fraction of sp³-hybridized carbons (Fsp3) is 0.188. The van der Waals surface area contributed by atoms with Gasteiger partial charge >= 0.3 is 0 Å². The van der Waals surface area contributed by atoms with Gasteiger partial charge < -0.3 is 5.32 Å². The molecule has 0 saturated carbocycles. The van der Waals surface area contributed by atoms with E-state index in [-0.39, 0.29) is 11.4 Å². The van der Waals surface area contributed by atoms with Crippen LogP contribution in [0.3, 0.4) is 0 Å². The maximum atomic E-state index is 13.9. The average Bonchev–Trinajstić information content (AvgIpc) is 2.52. The lowest BCUT2D eigenvalue weighted by Crippen LogP contribution is -2.45. The molecular formula is C16H14BrF3N2O3S. The lowest BCUT2D eigenvalue weighted by Gasteiger charge is -2.28. The van der Waals surface area contributed by atoms with Crippen molar-refractivity contribution in [3.63, 3.8) is 0 Å². The summed E-state index contributed by atoms with van der Waals surface area (Å²) in [5.41, 5.74) is -0.380. The number of halogens is 4. The summed E-state index contributed by atoms with van der Waals surface area (Å²) in [6.07, 6.45) is 0.818. The molecule has 0 aliphatic rings. The standard InChI is InChI=1S/C16H14BrF3N2O3S/c1-9(16(23)21-15-6-3-10(17)7-14(15)20)22(26(2,24)25)11-4-5-12(18)13(19)8-11/h3-9H,1-2H3,(H,21,23). The molecule has 26 heavy (non-hydrogen) atoms. The molecule has 0 heterocycles. The highest BCUT2D eigenvalue weighted by Crippen LogP contribution is 2.25. The lowest BCUT2D eigenvalue weighted by molar-refractivity contribution is -0.116. The number of nitrogens with zero attached hydrogens (tertiary/aromatic N) is 1. The van der Waals surface area contributed by atoms with Crippen molar-refractivity contribution in [1.82, 2.24) is 0 Å². The number of sulfonamides is 1. The second-order valence-electron chi connectivity index (χ2n) is 5.45. The maximum absolute atomic E-state index is 13.9. The van der Waals surface area contributed by atoms with Crippen LogP contribution in [0.4, 0.5) is 24.5 Å². The van der Waals surface area contributed by atoms with Crippen LogP contribution >= 0.6 is 15.9 Å². The topological polar surface area (TPSA) is 66.5 Å².